The summed E-state index contributed by atoms with van der Waals surface area (Å²) in [6.45, 7) is 15.9. The summed E-state index contributed by atoms with van der Waals surface area (Å²) in [6, 6.07) is 10.2. The van der Waals surface area contributed by atoms with Gasteiger partial charge in [0.1, 0.15) is 11.7 Å². The number of carbonyl (C=O) groups excluding carboxylic acids is 1. The molecule has 2 aliphatic rings. The van der Waals surface area contributed by atoms with Crippen molar-refractivity contribution in [1.29, 1.82) is 0 Å². The number of hydrogen-bond acceptors (Lipinski definition) is 6. The average Bonchev–Trinajstić information content (AvgIpc) is 3.31. The Hall–Kier alpha value is -2.45. The number of methoxy groups -OCH3 is 1. The summed E-state index contributed by atoms with van der Waals surface area (Å²) in [4.78, 5) is 37.1. The number of esters is 1. The first-order valence-corrected chi connectivity index (χ1v) is 17.9. The van der Waals surface area contributed by atoms with Crippen molar-refractivity contribution in [3.63, 3.8) is 0 Å². The molecule has 0 amide bonds. The number of rotatable bonds is 7. The van der Waals surface area contributed by atoms with Crippen LogP contribution in [0.5, 0.6) is 6.01 Å². The summed E-state index contributed by atoms with van der Waals surface area (Å²) >= 11 is 8.21. The van der Waals surface area contributed by atoms with Crippen LogP contribution >= 0.6 is 23.4 Å². The first kappa shape index (κ1) is 33.9. The van der Waals surface area contributed by atoms with Gasteiger partial charge < -0.3 is 9.47 Å². The van der Waals surface area contributed by atoms with E-state index in [0.29, 0.717) is 22.9 Å². The summed E-state index contributed by atoms with van der Waals surface area (Å²) in [5, 5.41) is 0.113. The van der Waals surface area contributed by atoms with Gasteiger partial charge in [0.05, 0.1) is 7.11 Å². The number of nitrogens with zero attached hydrogens (tertiary/aromatic N) is 2. The monoisotopic (exact) mass is 655 g/mol. The number of ether oxygens (including phenoxy) is 2. The maximum absolute atomic E-state index is 14.8. The number of thioether (sulfide) groups is 1. The van der Waals surface area contributed by atoms with Crippen LogP contribution in [0.2, 0.25) is 0 Å². The fraction of sp³-hybridized carbons (Fsp3) is 0.639. The number of benzene rings is 1. The van der Waals surface area contributed by atoms with Crippen molar-refractivity contribution >= 4 is 35.0 Å². The highest BCUT2D eigenvalue weighted by atomic mass is 35.5. The highest BCUT2D eigenvalue weighted by Crippen LogP contribution is 2.50. The largest absolute Gasteiger partial charge is 0.468 e. The third-order valence-electron chi connectivity index (χ3n) is 10.1. The van der Waals surface area contributed by atoms with E-state index in [2.05, 4.69) is 65.6 Å². The Kier molecular flexibility index (Phi) is 10.1. The lowest BCUT2D eigenvalue weighted by atomic mass is 9.59. The van der Waals surface area contributed by atoms with Gasteiger partial charge in [-0.2, -0.15) is 4.98 Å². The number of carbonyl (C=O) groups is 1. The Bertz CT molecular complexity index is 1520. The van der Waals surface area contributed by atoms with Crippen molar-refractivity contribution in [3.05, 3.63) is 57.6 Å². The minimum absolute atomic E-state index is 0.0520. The van der Waals surface area contributed by atoms with Crippen LogP contribution in [0.3, 0.4) is 0 Å². The van der Waals surface area contributed by atoms with Crippen LogP contribution in [-0.2, 0) is 10.5 Å². The lowest BCUT2D eigenvalue weighted by molar-refractivity contribution is -0.0923. The van der Waals surface area contributed by atoms with Gasteiger partial charge in [0.25, 0.3) is 6.01 Å². The smallest absolute Gasteiger partial charge is 0.342 e. The molecule has 2 heterocycles. The third kappa shape index (κ3) is 7.27. The van der Waals surface area contributed by atoms with E-state index in [1.807, 2.05) is 18.2 Å². The maximum atomic E-state index is 14.8. The molecule has 0 radical (unpaired) electrons. The summed E-state index contributed by atoms with van der Waals surface area (Å²) in [5.41, 5.74) is 1.89. The number of nitrogens with one attached hydrogen (secondary N) is 1. The minimum atomic E-state index is -0.394. The SMILES string of the molecule is COc1nc2c(C(=O)OC3C(C(C)(C)C)CC(C)CC3C(C)(C)C)c(C3CCC(Cl)CC3)c(CSc3ccccc3)n2c(=O)[nH]1. The van der Waals surface area contributed by atoms with E-state index in [-0.39, 0.29) is 51.8 Å². The van der Waals surface area contributed by atoms with Crippen molar-refractivity contribution in [2.45, 2.75) is 115 Å². The van der Waals surface area contributed by atoms with Crippen molar-refractivity contribution in [2.24, 2.45) is 28.6 Å². The molecule has 45 heavy (non-hydrogen) atoms. The Labute approximate surface area is 277 Å². The van der Waals surface area contributed by atoms with E-state index in [9.17, 15) is 9.59 Å². The molecule has 9 heteroatoms. The van der Waals surface area contributed by atoms with E-state index in [0.717, 1.165) is 54.7 Å². The van der Waals surface area contributed by atoms with Gasteiger partial charge in [-0.05, 0) is 78.9 Å². The Balaban J connectivity index is 1.68. The van der Waals surface area contributed by atoms with E-state index < -0.39 is 5.97 Å². The molecule has 246 valence electrons. The van der Waals surface area contributed by atoms with Gasteiger partial charge in [-0.25, -0.2) is 14.0 Å². The molecule has 1 aromatic carbocycles. The van der Waals surface area contributed by atoms with Gasteiger partial charge in [-0.1, -0.05) is 66.7 Å². The predicted molar refractivity (Wildman–Crippen MR) is 183 cm³/mol. The normalized spacial score (nSPS) is 26.2. The van der Waals surface area contributed by atoms with Crippen LogP contribution in [0.15, 0.2) is 40.0 Å². The van der Waals surface area contributed by atoms with E-state index >= 15 is 0 Å². The molecule has 2 atom stereocenters. The van der Waals surface area contributed by atoms with Crippen LogP contribution < -0.4 is 10.4 Å². The van der Waals surface area contributed by atoms with E-state index in [1.54, 1.807) is 16.2 Å². The topological polar surface area (TPSA) is 85.7 Å². The number of hydrogen-bond donors (Lipinski definition) is 1. The first-order valence-electron chi connectivity index (χ1n) is 16.4. The van der Waals surface area contributed by atoms with Gasteiger partial charge in [-0.15, -0.1) is 23.4 Å². The number of aromatic nitrogens is 3. The van der Waals surface area contributed by atoms with Crippen molar-refractivity contribution in [1.82, 2.24) is 14.4 Å². The van der Waals surface area contributed by atoms with Crippen molar-refractivity contribution in [3.8, 4) is 6.01 Å². The van der Waals surface area contributed by atoms with Gasteiger partial charge in [0.15, 0.2) is 5.65 Å². The number of halogens is 1. The fourth-order valence-corrected chi connectivity index (χ4v) is 8.85. The lowest BCUT2D eigenvalue weighted by Gasteiger charge is -2.50. The van der Waals surface area contributed by atoms with Gasteiger partial charge in [-0.3, -0.25) is 4.98 Å². The van der Waals surface area contributed by atoms with Crippen LogP contribution in [0.1, 0.15) is 115 Å². The standard InChI is InChI=1S/C36H50ClN3O4S/c1-21-18-25(35(2,3)4)30(26(19-21)36(5,6)7)44-32(41)29-28(22-14-16-23(37)17-15-22)27(20-45-24-12-10-9-11-13-24)40-31(29)38-33(43-8)39-34(40)42/h9-13,21-23,25-26,30H,14-20H2,1-8H3,(H,38,39,42). The third-order valence-corrected chi connectivity index (χ3v) is 11.5. The zero-order valence-corrected chi connectivity index (χ0v) is 29.7. The molecule has 2 saturated carbocycles. The van der Waals surface area contributed by atoms with E-state index in [1.165, 1.54) is 7.11 Å². The fourth-order valence-electron chi connectivity index (χ4n) is 7.66. The molecule has 2 unspecified atom stereocenters. The highest BCUT2D eigenvalue weighted by molar-refractivity contribution is 7.98. The second-order valence-corrected chi connectivity index (χ2v) is 17.1. The molecule has 0 spiro atoms. The number of H-pyrrole nitrogens is 1. The van der Waals surface area contributed by atoms with Crippen LogP contribution in [0.4, 0.5) is 0 Å². The zero-order chi connectivity index (χ0) is 32.7. The Morgan fingerprint density at radius 3 is 2.18 bits per heavy atom. The van der Waals surface area contributed by atoms with Crippen molar-refractivity contribution < 1.29 is 14.3 Å². The summed E-state index contributed by atoms with van der Waals surface area (Å²) in [6.07, 6.45) is 5.11. The van der Waals surface area contributed by atoms with Crippen LogP contribution in [0, 0.1) is 28.6 Å². The molecule has 2 aliphatic carbocycles. The predicted octanol–water partition coefficient (Wildman–Crippen LogP) is 8.87. The average molecular weight is 656 g/mol. The second kappa shape index (κ2) is 13.3. The molecule has 0 saturated heterocycles. The summed E-state index contributed by atoms with van der Waals surface area (Å²) in [7, 11) is 1.47. The molecule has 1 N–H and O–H groups in total. The number of fused-ring (bicyclic) bond motifs is 1. The van der Waals surface area contributed by atoms with Crippen molar-refractivity contribution in [2.75, 3.05) is 7.11 Å². The number of alkyl halides is 1. The van der Waals surface area contributed by atoms with E-state index in [4.69, 9.17) is 26.1 Å². The zero-order valence-electron chi connectivity index (χ0n) is 28.1. The molecular formula is C36H50ClN3O4S. The molecule has 0 aliphatic heterocycles. The molecule has 2 fully saturated rings. The summed E-state index contributed by atoms with van der Waals surface area (Å²) in [5.74, 6) is 1.09. The van der Waals surface area contributed by atoms with Gasteiger partial charge >= 0.3 is 11.7 Å². The van der Waals surface area contributed by atoms with Gasteiger partial charge in [0, 0.05) is 33.6 Å². The molecular weight excluding hydrogens is 606 g/mol. The maximum Gasteiger partial charge on any atom is 0.342 e. The molecule has 2 aromatic heterocycles. The quantitative estimate of drug-likeness (QED) is 0.155. The molecule has 3 aromatic rings. The molecule has 0 bridgehead atoms. The minimum Gasteiger partial charge on any atom is -0.468 e. The van der Waals surface area contributed by atoms with Gasteiger partial charge in [0.2, 0.25) is 0 Å². The Morgan fingerprint density at radius 2 is 1.62 bits per heavy atom. The highest BCUT2D eigenvalue weighted by Gasteiger charge is 2.48. The number of aromatic amines is 1. The first-order chi connectivity index (χ1) is 21.2. The van der Waals surface area contributed by atoms with Crippen LogP contribution in [0.25, 0.3) is 5.65 Å². The second-order valence-electron chi connectivity index (χ2n) is 15.4. The molecule has 7 nitrogen and oxygen atoms in total. The molecule has 5 rings (SSSR count). The Morgan fingerprint density at radius 1 is 1.02 bits per heavy atom. The lowest BCUT2D eigenvalue weighted by Crippen LogP contribution is -2.49. The van der Waals surface area contributed by atoms with Crippen LogP contribution in [-0.4, -0.2) is 38.9 Å². The summed E-state index contributed by atoms with van der Waals surface area (Å²) < 4.78 is 13.8.